The predicted octanol–water partition coefficient (Wildman–Crippen LogP) is 2.45. The lowest BCUT2D eigenvalue weighted by molar-refractivity contribution is -0.133. The Kier molecular flexibility index (Phi) is 5.91. The van der Waals surface area contributed by atoms with Crippen LogP contribution in [-0.2, 0) is 22.6 Å². The fourth-order valence-corrected chi connectivity index (χ4v) is 3.78. The minimum absolute atomic E-state index is 0.0240. The van der Waals surface area contributed by atoms with Crippen molar-refractivity contribution >= 4 is 23.5 Å². The topological polar surface area (TPSA) is 85.0 Å². The number of amides is 4. The zero-order valence-electron chi connectivity index (χ0n) is 17.8. The number of nitrogens with zero attached hydrogens (tertiary/aromatic N) is 3. The first-order valence-corrected chi connectivity index (χ1v) is 10.3. The molecule has 4 amide bonds. The molecule has 0 aromatic heterocycles. The van der Waals surface area contributed by atoms with Gasteiger partial charge in [0.25, 0.3) is 5.91 Å². The molecule has 2 aliphatic rings. The number of nitrogens with one attached hydrogen (secondary N) is 2. The minimum atomic E-state index is -0.783. The van der Waals surface area contributed by atoms with Crippen LogP contribution in [0.25, 0.3) is 0 Å². The molecule has 0 spiro atoms. The summed E-state index contributed by atoms with van der Waals surface area (Å²) in [5.74, 6) is -1.21. The van der Waals surface area contributed by atoms with E-state index in [1.165, 1.54) is 29.2 Å². The molecule has 1 fully saturated rings. The largest absolute Gasteiger partial charge is 0.331 e. The lowest BCUT2D eigenvalue weighted by Gasteiger charge is -2.37. The summed E-state index contributed by atoms with van der Waals surface area (Å²) in [4.78, 5) is 41.4. The van der Waals surface area contributed by atoms with Crippen molar-refractivity contribution in [3.8, 4) is 0 Å². The van der Waals surface area contributed by atoms with E-state index in [9.17, 15) is 18.8 Å². The molecule has 2 N–H and O–H groups in total. The zero-order valence-corrected chi connectivity index (χ0v) is 17.8. The second kappa shape index (κ2) is 8.80. The second-order valence-electron chi connectivity index (χ2n) is 7.75. The molecule has 2 heterocycles. The Morgan fingerprint density at radius 2 is 1.84 bits per heavy atom. The number of hydrazine groups is 1. The Bertz CT molecular complexity index is 1090. The highest BCUT2D eigenvalue weighted by Crippen LogP contribution is 2.27. The Balaban J connectivity index is 1.55. The van der Waals surface area contributed by atoms with Gasteiger partial charge in [0.05, 0.1) is 12.2 Å². The summed E-state index contributed by atoms with van der Waals surface area (Å²) >= 11 is 0. The van der Waals surface area contributed by atoms with Crippen molar-refractivity contribution in [3.05, 3.63) is 77.4 Å². The van der Waals surface area contributed by atoms with E-state index in [1.807, 2.05) is 25.1 Å². The molecule has 166 valence electrons. The first-order valence-electron chi connectivity index (χ1n) is 10.3. The van der Waals surface area contributed by atoms with Crippen molar-refractivity contribution in [2.75, 3.05) is 18.9 Å². The number of fused-ring (bicyclic) bond motifs is 1. The van der Waals surface area contributed by atoms with Gasteiger partial charge in [-0.15, -0.1) is 0 Å². The van der Waals surface area contributed by atoms with E-state index in [4.69, 9.17) is 0 Å². The molecule has 2 aromatic carbocycles. The molecule has 0 radical (unpaired) electrons. The van der Waals surface area contributed by atoms with Gasteiger partial charge in [-0.25, -0.2) is 14.6 Å². The highest BCUT2D eigenvalue weighted by molar-refractivity contribution is 6.05. The van der Waals surface area contributed by atoms with E-state index in [0.717, 1.165) is 16.9 Å². The highest BCUT2D eigenvalue weighted by atomic mass is 19.1. The van der Waals surface area contributed by atoms with Crippen molar-refractivity contribution in [2.45, 2.75) is 25.9 Å². The van der Waals surface area contributed by atoms with Gasteiger partial charge >= 0.3 is 6.03 Å². The maximum Gasteiger partial charge on any atom is 0.331 e. The number of anilines is 1. The number of aryl methyl sites for hydroxylation is 1. The molecule has 8 nitrogen and oxygen atoms in total. The van der Waals surface area contributed by atoms with Crippen LogP contribution in [0.2, 0.25) is 0 Å². The molecule has 1 unspecified atom stereocenters. The van der Waals surface area contributed by atoms with Crippen LogP contribution >= 0.6 is 0 Å². The smallest absolute Gasteiger partial charge is 0.325 e. The third-order valence-electron chi connectivity index (χ3n) is 5.42. The van der Waals surface area contributed by atoms with Crippen LogP contribution in [0.5, 0.6) is 0 Å². The first kappa shape index (κ1) is 21.5. The molecular weight excluding hydrogens is 413 g/mol. The number of hydrogen-bond donors (Lipinski definition) is 2. The highest BCUT2D eigenvalue weighted by Gasteiger charge is 2.46. The van der Waals surface area contributed by atoms with Gasteiger partial charge < -0.3 is 10.3 Å². The summed E-state index contributed by atoms with van der Waals surface area (Å²) < 4.78 is 13.2. The Morgan fingerprint density at radius 1 is 1.09 bits per heavy atom. The summed E-state index contributed by atoms with van der Waals surface area (Å²) in [6, 6.07) is 11.7. The van der Waals surface area contributed by atoms with Crippen LogP contribution in [-0.4, -0.2) is 52.3 Å². The maximum atomic E-state index is 13.2. The fraction of sp³-hybridized carbons (Fsp3) is 0.261. The third kappa shape index (κ3) is 4.33. The van der Waals surface area contributed by atoms with Crippen molar-refractivity contribution in [2.24, 2.45) is 0 Å². The quantitative estimate of drug-likeness (QED) is 0.725. The van der Waals surface area contributed by atoms with Crippen LogP contribution in [0.4, 0.5) is 14.9 Å². The van der Waals surface area contributed by atoms with Gasteiger partial charge in [-0.05, 0) is 41.8 Å². The fourth-order valence-electron chi connectivity index (χ4n) is 3.78. The van der Waals surface area contributed by atoms with Crippen LogP contribution in [0.15, 0.2) is 60.4 Å². The zero-order chi connectivity index (χ0) is 22.8. The van der Waals surface area contributed by atoms with Gasteiger partial charge in [-0.1, -0.05) is 31.2 Å². The summed E-state index contributed by atoms with van der Waals surface area (Å²) in [5.41, 5.74) is 5.72. The molecule has 1 saturated heterocycles. The van der Waals surface area contributed by atoms with Gasteiger partial charge in [0.1, 0.15) is 18.4 Å². The number of carbonyl (C=O) groups excluding carboxylic acids is 3. The van der Waals surface area contributed by atoms with Gasteiger partial charge in [0, 0.05) is 18.9 Å². The van der Waals surface area contributed by atoms with Gasteiger partial charge in [0.2, 0.25) is 5.91 Å². The molecule has 0 saturated carbocycles. The van der Waals surface area contributed by atoms with E-state index in [0.29, 0.717) is 16.9 Å². The Hall–Kier alpha value is -3.72. The number of urea groups is 1. The van der Waals surface area contributed by atoms with Crippen LogP contribution in [0.1, 0.15) is 18.1 Å². The van der Waals surface area contributed by atoms with Crippen molar-refractivity contribution in [1.82, 2.24) is 20.2 Å². The van der Waals surface area contributed by atoms with Crippen molar-refractivity contribution in [3.63, 3.8) is 0 Å². The molecular formula is C23H24FN5O3. The monoisotopic (exact) mass is 437 g/mol. The van der Waals surface area contributed by atoms with E-state index in [2.05, 4.69) is 10.7 Å². The minimum Gasteiger partial charge on any atom is -0.325 e. The van der Waals surface area contributed by atoms with Crippen LogP contribution in [0, 0.1) is 5.82 Å². The van der Waals surface area contributed by atoms with E-state index < -0.39 is 23.8 Å². The third-order valence-corrected chi connectivity index (χ3v) is 5.42. The number of imide groups is 1. The molecule has 2 aromatic rings. The molecule has 2 aliphatic heterocycles. The maximum absolute atomic E-state index is 13.2. The number of hydrogen-bond acceptors (Lipinski definition) is 5. The first-order chi connectivity index (χ1) is 15.4. The average Bonchev–Trinajstić information content (AvgIpc) is 3.17. The molecule has 1 atom stereocenters. The molecule has 9 heteroatoms. The van der Waals surface area contributed by atoms with Crippen molar-refractivity contribution in [1.29, 1.82) is 0 Å². The number of benzene rings is 2. The summed E-state index contributed by atoms with van der Waals surface area (Å²) in [7, 11) is 1.71. The Labute approximate surface area is 185 Å². The average molecular weight is 437 g/mol. The van der Waals surface area contributed by atoms with Gasteiger partial charge in [-0.3, -0.25) is 19.4 Å². The Morgan fingerprint density at radius 3 is 2.56 bits per heavy atom. The SMILES string of the molecule is CCc1cccc(NC(=O)CN2C(=O)N(Cc3ccc(F)cc3)C(=O)C3NN(C)C=C32)c1. The summed E-state index contributed by atoms with van der Waals surface area (Å²) in [6.07, 6.45) is 2.46. The number of halogens is 1. The summed E-state index contributed by atoms with van der Waals surface area (Å²) in [5, 5.41) is 4.40. The molecule has 32 heavy (non-hydrogen) atoms. The van der Waals surface area contributed by atoms with E-state index >= 15 is 0 Å². The van der Waals surface area contributed by atoms with E-state index in [-0.39, 0.29) is 19.0 Å². The van der Waals surface area contributed by atoms with E-state index in [1.54, 1.807) is 24.3 Å². The number of rotatable bonds is 6. The van der Waals surface area contributed by atoms with Gasteiger partial charge in [0.15, 0.2) is 0 Å². The molecule has 0 aliphatic carbocycles. The predicted molar refractivity (Wildman–Crippen MR) is 116 cm³/mol. The van der Waals surface area contributed by atoms with Crippen molar-refractivity contribution < 1.29 is 18.8 Å². The lowest BCUT2D eigenvalue weighted by atomic mass is 10.1. The molecule has 4 rings (SSSR count). The van der Waals surface area contributed by atoms with Crippen LogP contribution in [0.3, 0.4) is 0 Å². The molecule has 0 bridgehead atoms. The number of carbonyl (C=O) groups is 3. The second-order valence-corrected chi connectivity index (χ2v) is 7.75. The van der Waals surface area contributed by atoms with Gasteiger partial charge in [-0.2, -0.15) is 0 Å². The van der Waals surface area contributed by atoms with Crippen LogP contribution < -0.4 is 10.7 Å². The lowest BCUT2D eigenvalue weighted by Crippen LogP contribution is -2.60. The standard InChI is InChI=1S/C23H24FN5O3/c1-3-15-5-4-6-18(11-15)25-20(30)14-28-19-13-27(2)26-21(19)22(31)29(23(28)32)12-16-7-9-17(24)10-8-16/h4-11,13,21,26H,3,12,14H2,1-2H3,(H,25,30). The summed E-state index contributed by atoms with van der Waals surface area (Å²) in [6.45, 7) is 1.75. The normalized spacial score (nSPS) is 18.0.